The Morgan fingerprint density at radius 1 is 1.09 bits per heavy atom. The maximum absolute atomic E-state index is 13.4. The van der Waals surface area contributed by atoms with Gasteiger partial charge in [-0.15, -0.1) is 0 Å². The van der Waals surface area contributed by atoms with Gasteiger partial charge < -0.3 is 14.3 Å². The third-order valence-electron chi connectivity index (χ3n) is 6.32. The van der Waals surface area contributed by atoms with Crippen molar-refractivity contribution in [2.24, 2.45) is 0 Å². The fourth-order valence-electron chi connectivity index (χ4n) is 4.64. The number of hydrogen-bond donors (Lipinski definition) is 1. The Kier molecular flexibility index (Phi) is 7.04. The number of hydrogen-bond acceptors (Lipinski definition) is 7. The van der Waals surface area contributed by atoms with Gasteiger partial charge in [0.15, 0.2) is 11.5 Å². The summed E-state index contributed by atoms with van der Waals surface area (Å²) in [6.07, 6.45) is 3.76. The van der Waals surface area contributed by atoms with Gasteiger partial charge in [0.1, 0.15) is 0 Å². The number of fused-ring (bicyclic) bond motifs is 1. The van der Waals surface area contributed by atoms with Crippen LogP contribution in [-0.2, 0) is 14.4 Å². The number of aryl methyl sites for hydroxylation is 1. The second-order valence-corrected chi connectivity index (χ2v) is 8.75. The van der Waals surface area contributed by atoms with Gasteiger partial charge in [-0.25, -0.2) is 0 Å². The SMILES string of the molecule is COc1ccc(C(CC(=O)NOC(C)=O)N2C(=O)c3cccc(C)c3C2=O)cc1OC1CCCC1. The van der Waals surface area contributed by atoms with Gasteiger partial charge in [0, 0.05) is 6.92 Å². The van der Waals surface area contributed by atoms with Crippen molar-refractivity contribution < 1.29 is 33.5 Å². The monoisotopic (exact) mass is 480 g/mol. The predicted octanol–water partition coefficient (Wildman–Crippen LogP) is 3.65. The molecular formula is C26H28N2O7. The summed E-state index contributed by atoms with van der Waals surface area (Å²) in [5, 5.41) is 0. The maximum atomic E-state index is 13.4. The highest BCUT2D eigenvalue weighted by atomic mass is 16.7. The van der Waals surface area contributed by atoms with E-state index in [4.69, 9.17) is 9.47 Å². The summed E-state index contributed by atoms with van der Waals surface area (Å²) >= 11 is 0. The second-order valence-electron chi connectivity index (χ2n) is 8.75. The Balaban J connectivity index is 1.72. The molecule has 4 rings (SSSR count). The molecule has 0 radical (unpaired) electrons. The van der Waals surface area contributed by atoms with E-state index in [1.54, 1.807) is 43.3 Å². The van der Waals surface area contributed by atoms with E-state index in [1.807, 2.05) is 0 Å². The summed E-state index contributed by atoms with van der Waals surface area (Å²) < 4.78 is 11.6. The quantitative estimate of drug-likeness (QED) is 0.476. The number of nitrogens with one attached hydrogen (secondary N) is 1. The minimum absolute atomic E-state index is 0.0480. The summed E-state index contributed by atoms with van der Waals surface area (Å²) in [5.74, 6) is -1.33. The van der Waals surface area contributed by atoms with Crippen LogP contribution in [-0.4, -0.2) is 41.8 Å². The molecule has 1 unspecified atom stereocenters. The van der Waals surface area contributed by atoms with Crippen LogP contribution in [0.5, 0.6) is 11.5 Å². The second kappa shape index (κ2) is 10.2. The lowest BCUT2D eigenvalue weighted by molar-refractivity contribution is -0.156. The van der Waals surface area contributed by atoms with Crippen molar-refractivity contribution in [2.45, 2.75) is 58.1 Å². The van der Waals surface area contributed by atoms with Crippen LogP contribution in [0.25, 0.3) is 0 Å². The standard InChI is InChI=1S/C26H28N2O7/c1-15-7-6-10-19-24(15)26(32)28(25(19)31)20(14-23(30)27-35-16(2)29)17-11-12-21(33-3)22(13-17)34-18-8-4-5-9-18/h6-7,10-13,18,20H,4-5,8-9,14H2,1-3H3,(H,27,30). The van der Waals surface area contributed by atoms with Gasteiger partial charge in [0.05, 0.1) is 36.8 Å². The van der Waals surface area contributed by atoms with Crippen LogP contribution in [0.4, 0.5) is 0 Å². The lowest BCUT2D eigenvalue weighted by Crippen LogP contribution is -2.38. The van der Waals surface area contributed by atoms with Crippen LogP contribution < -0.4 is 15.0 Å². The molecule has 1 aliphatic carbocycles. The van der Waals surface area contributed by atoms with Gasteiger partial charge in [0.2, 0.25) is 0 Å². The van der Waals surface area contributed by atoms with Gasteiger partial charge >= 0.3 is 5.97 Å². The molecule has 2 aliphatic rings. The molecule has 35 heavy (non-hydrogen) atoms. The molecule has 2 aromatic carbocycles. The van der Waals surface area contributed by atoms with Gasteiger partial charge in [-0.3, -0.25) is 24.1 Å². The van der Waals surface area contributed by atoms with Crippen molar-refractivity contribution in [3.8, 4) is 11.5 Å². The van der Waals surface area contributed by atoms with Crippen LogP contribution in [0.2, 0.25) is 0 Å². The summed E-state index contributed by atoms with van der Waals surface area (Å²) in [7, 11) is 1.54. The summed E-state index contributed by atoms with van der Waals surface area (Å²) in [4.78, 5) is 56.2. The molecule has 1 heterocycles. The number of carbonyl (C=O) groups is 4. The minimum atomic E-state index is -0.964. The zero-order valence-electron chi connectivity index (χ0n) is 20.0. The van der Waals surface area contributed by atoms with Crippen molar-refractivity contribution >= 4 is 23.7 Å². The number of ether oxygens (including phenoxy) is 2. The molecular weight excluding hydrogens is 452 g/mol. The van der Waals surface area contributed by atoms with Gasteiger partial charge in [-0.2, -0.15) is 5.48 Å². The molecule has 184 valence electrons. The normalized spacial score (nSPS) is 16.1. The molecule has 1 aliphatic heterocycles. The van der Waals surface area contributed by atoms with Crippen molar-refractivity contribution in [2.75, 3.05) is 7.11 Å². The van der Waals surface area contributed by atoms with E-state index < -0.39 is 29.7 Å². The number of imide groups is 1. The van der Waals surface area contributed by atoms with E-state index in [1.165, 1.54) is 7.11 Å². The average molecular weight is 481 g/mol. The minimum Gasteiger partial charge on any atom is -0.493 e. The van der Waals surface area contributed by atoms with Crippen molar-refractivity contribution in [3.05, 3.63) is 58.7 Å². The van der Waals surface area contributed by atoms with E-state index in [0.717, 1.165) is 37.5 Å². The summed E-state index contributed by atoms with van der Waals surface area (Å²) in [6, 6.07) is 9.21. The first-order valence-electron chi connectivity index (χ1n) is 11.6. The molecule has 1 fully saturated rings. The van der Waals surface area contributed by atoms with Crippen LogP contribution in [0, 0.1) is 6.92 Å². The molecule has 9 nitrogen and oxygen atoms in total. The first kappa shape index (κ1) is 24.3. The number of hydroxylamine groups is 1. The lowest BCUT2D eigenvalue weighted by atomic mass is 10.0. The molecule has 0 aromatic heterocycles. The number of benzene rings is 2. The number of carbonyl (C=O) groups excluding carboxylic acids is 4. The molecule has 1 saturated carbocycles. The smallest absolute Gasteiger partial charge is 0.329 e. The largest absolute Gasteiger partial charge is 0.493 e. The zero-order chi connectivity index (χ0) is 25.1. The van der Waals surface area contributed by atoms with E-state index in [9.17, 15) is 19.2 Å². The third-order valence-corrected chi connectivity index (χ3v) is 6.32. The Morgan fingerprint density at radius 3 is 2.49 bits per heavy atom. The maximum Gasteiger partial charge on any atom is 0.329 e. The van der Waals surface area contributed by atoms with Crippen molar-refractivity contribution in [1.29, 1.82) is 0 Å². The number of amides is 3. The number of methoxy groups -OCH3 is 1. The number of rotatable bonds is 7. The van der Waals surface area contributed by atoms with Crippen molar-refractivity contribution in [3.63, 3.8) is 0 Å². The van der Waals surface area contributed by atoms with Crippen molar-refractivity contribution in [1.82, 2.24) is 10.4 Å². The highest BCUT2D eigenvalue weighted by Gasteiger charge is 2.42. The first-order valence-corrected chi connectivity index (χ1v) is 11.6. The predicted molar refractivity (Wildman–Crippen MR) is 125 cm³/mol. The molecule has 1 N–H and O–H groups in total. The molecule has 3 amide bonds. The highest BCUT2D eigenvalue weighted by molar-refractivity contribution is 6.22. The molecule has 2 aromatic rings. The van der Waals surface area contributed by atoms with Gasteiger partial charge in [-0.05, 0) is 61.9 Å². The first-order chi connectivity index (χ1) is 16.8. The van der Waals surface area contributed by atoms with E-state index in [0.29, 0.717) is 28.2 Å². The molecule has 0 spiro atoms. The summed E-state index contributed by atoms with van der Waals surface area (Å²) in [5.41, 5.74) is 3.87. The molecule has 9 heteroatoms. The van der Waals surface area contributed by atoms with E-state index >= 15 is 0 Å². The zero-order valence-corrected chi connectivity index (χ0v) is 20.0. The number of nitrogens with zero attached hydrogens (tertiary/aromatic N) is 1. The fourth-order valence-corrected chi connectivity index (χ4v) is 4.64. The van der Waals surface area contributed by atoms with Crippen LogP contribution in [0.15, 0.2) is 36.4 Å². The van der Waals surface area contributed by atoms with E-state index in [2.05, 4.69) is 10.3 Å². The van der Waals surface area contributed by atoms with Gasteiger partial charge in [0.25, 0.3) is 17.7 Å². The lowest BCUT2D eigenvalue weighted by Gasteiger charge is -2.27. The van der Waals surface area contributed by atoms with Crippen LogP contribution in [0.1, 0.15) is 76.9 Å². The molecule has 0 bridgehead atoms. The Labute approximate surface area is 203 Å². The van der Waals surface area contributed by atoms with Crippen LogP contribution in [0.3, 0.4) is 0 Å². The molecule has 1 atom stereocenters. The summed E-state index contributed by atoms with van der Waals surface area (Å²) in [6.45, 7) is 2.91. The molecule has 0 saturated heterocycles. The highest BCUT2D eigenvalue weighted by Crippen LogP contribution is 2.39. The topological polar surface area (TPSA) is 111 Å². The van der Waals surface area contributed by atoms with E-state index in [-0.39, 0.29) is 18.1 Å². The van der Waals surface area contributed by atoms with Gasteiger partial charge in [-0.1, -0.05) is 18.2 Å². The van der Waals surface area contributed by atoms with Crippen LogP contribution >= 0.6 is 0 Å². The fraction of sp³-hybridized carbons (Fsp3) is 0.385. The average Bonchev–Trinajstić information content (AvgIpc) is 3.43. The Hall–Kier alpha value is -3.88. The Bertz CT molecular complexity index is 1170. The third kappa shape index (κ3) is 4.99. The Morgan fingerprint density at radius 2 is 1.83 bits per heavy atom.